The van der Waals surface area contributed by atoms with Crippen molar-refractivity contribution in [1.29, 1.82) is 0 Å². The van der Waals surface area contributed by atoms with Gasteiger partial charge in [0.25, 0.3) is 11.6 Å². The minimum atomic E-state index is -0.468. The van der Waals surface area contributed by atoms with E-state index in [-0.39, 0.29) is 18.2 Å². The fourth-order valence-corrected chi connectivity index (χ4v) is 2.11. The number of carbonyl (C=O) groups is 1. The number of amides is 1. The van der Waals surface area contributed by atoms with E-state index in [4.69, 9.17) is 4.74 Å². The van der Waals surface area contributed by atoms with E-state index in [1.807, 2.05) is 32.0 Å². The lowest BCUT2D eigenvalue weighted by molar-refractivity contribution is -0.384. The van der Waals surface area contributed by atoms with E-state index in [1.165, 1.54) is 18.2 Å². The third-order valence-electron chi connectivity index (χ3n) is 3.40. The highest BCUT2D eigenvalue weighted by molar-refractivity contribution is 5.92. The number of anilines is 1. The highest BCUT2D eigenvalue weighted by Crippen LogP contribution is 2.23. The maximum absolute atomic E-state index is 12.0. The summed E-state index contributed by atoms with van der Waals surface area (Å²) in [6, 6.07) is 10.1. The number of hydrogen-bond acceptors (Lipinski definition) is 4. The predicted octanol–water partition coefficient (Wildman–Crippen LogP) is 3.54. The minimum absolute atomic E-state index is 0.00492. The summed E-state index contributed by atoms with van der Waals surface area (Å²) in [5, 5.41) is 13.5. The molecular formula is C17H18N2O4. The number of nitro groups is 1. The molecule has 0 saturated carbocycles. The molecule has 0 saturated heterocycles. The largest absolute Gasteiger partial charge is 0.483 e. The minimum Gasteiger partial charge on any atom is -0.483 e. The van der Waals surface area contributed by atoms with Crippen LogP contribution in [0.4, 0.5) is 11.4 Å². The number of non-ortho nitro benzene ring substituents is 1. The number of rotatable bonds is 5. The highest BCUT2D eigenvalue weighted by atomic mass is 16.6. The standard InChI is InChI=1S/C17H18N2O4/c1-11-4-5-12(2)15(8-11)18-17(20)10-23-16-7-6-14(19(21)22)9-13(16)3/h4-9H,10H2,1-3H3,(H,18,20). The lowest BCUT2D eigenvalue weighted by Crippen LogP contribution is -2.21. The maximum atomic E-state index is 12.0. The molecule has 0 aliphatic heterocycles. The summed E-state index contributed by atoms with van der Waals surface area (Å²) in [6.07, 6.45) is 0. The Morgan fingerprint density at radius 2 is 1.87 bits per heavy atom. The number of nitrogens with zero attached hydrogens (tertiary/aromatic N) is 1. The van der Waals surface area contributed by atoms with Crippen molar-refractivity contribution in [3.8, 4) is 5.75 Å². The van der Waals surface area contributed by atoms with E-state index >= 15 is 0 Å². The molecule has 0 radical (unpaired) electrons. The van der Waals surface area contributed by atoms with Crippen molar-refractivity contribution >= 4 is 17.3 Å². The number of hydrogen-bond donors (Lipinski definition) is 1. The molecule has 6 heteroatoms. The molecule has 1 N–H and O–H groups in total. The number of carbonyl (C=O) groups excluding carboxylic acids is 1. The van der Waals surface area contributed by atoms with Gasteiger partial charge in [0.2, 0.25) is 0 Å². The van der Waals surface area contributed by atoms with Crippen molar-refractivity contribution in [3.63, 3.8) is 0 Å². The fourth-order valence-electron chi connectivity index (χ4n) is 2.11. The Morgan fingerprint density at radius 1 is 1.13 bits per heavy atom. The van der Waals surface area contributed by atoms with Crippen molar-refractivity contribution in [3.05, 3.63) is 63.2 Å². The monoisotopic (exact) mass is 314 g/mol. The number of nitro benzene ring substituents is 1. The van der Waals surface area contributed by atoms with Gasteiger partial charge < -0.3 is 10.1 Å². The zero-order valence-corrected chi connectivity index (χ0v) is 13.3. The highest BCUT2D eigenvalue weighted by Gasteiger charge is 2.11. The average molecular weight is 314 g/mol. The Morgan fingerprint density at radius 3 is 2.52 bits per heavy atom. The van der Waals surface area contributed by atoms with E-state index < -0.39 is 4.92 Å². The van der Waals surface area contributed by atoms with Gasteiger partial charge in [0.1, 0.15) is 5.75 Å². The van der Waals surface area contributed by atoms with Gasteiger partial charge in [0.05, 0.1) is 4.92 Å². The third-order valence-corrected chi connectivity index (χ3v) is 3.40. The molecule has 23 heavy (non-hydrogen) atoms. The molecule has 6 nitrogen and oxygen atoms in total. The molecule has 0 unspecified atom stereocenters. The molecule has 0 spiro atoms. The molecule has 0 bridgehead atoms. The summed E-state index contributed by atoms with van der Waals surface area (Å²) >= 11 is 0. The number of benzene rings is 2. The zero-order valence-electron chi connectivity index (χ0n) is 13.3. The SMILES string of the molecule is Cc1ccc(C)c(NC(=O)COc2ccc([N+](=O)[O-])cc2C)c1. The van der Waals surface area contributed by atoms with Crippen molar-refractivity contribution in [1.82, 2.24) is 0 Å². The van der Waals surface area contributed by atoms with Crippen LogP contribution in [0.5, 0.6) is 5.75 Å². The van der Waals surface area contributed by atoms with Crippen LogP contribution in [-0.4, -0.2) is 17.4 Å². The molecule has 2 aromatic rings. The van der Waals surface area contributed by atoms with E-state index in [0.717, 1.165) is 16.8 Å². The zero-order chi connectivity index (χ0) is 17.0. The summed E-state index contributed by atoms with van der Waals surface area (Å²) in [7, 11) is 0. The second-order valence-corrected chi connectivity index (χ2v) is 5.36. The average Bonchev–Trinajstić information content (AvgIpc) is 2.49. The predicted molar refractivity (Wildman–Crippen MR) is 87.9 cm³/mol. The number of ether oxygens (including phenoxy) is 1. The molecule has 0 aliphatic carbocycles. The molecule has 2 aromatic carbocycles. The second kappa shape index (κ2) is 6.91. The first-order valence-electron chi connectivity index (χ1n) is 7.12. The van der Waals surface area contributed by atoms with Crippen molar-refractivity contribution < 1.29 is 14.5 Å². The van der Waals surface area contributed by atoms with Crippen LogP contribution in [0.2, 0.25) is 0 Å². The van der Waals surface area contributed by atoms with Gasteiger partial charge in [-0.3, -0.25) is 14.9 Å². The second-order valence-electron chi connectivity index (χ2n) is 5.36. The molecule has 1 amide bonds. The Balaban J connectivity index is 1.99. The third kappa shape index (κ3) is 4.29. The van der Waals surface area contributed by atoms with Crippen molar-refractivity contribution in [2.45, 2.75) is 20.8 Å². The van der Waals surface area contributed by atoms with Crippen molar-refractivity contribution in [2.24, 2.45) is 0 Å². The number of aryl methyl sites for hydroxylation is 3. The van der Waals surface area contributed by atoms with Gasteiger partial charge in [-0.1, -0.05) is 12.1 Å². The quantitative estimate of drug-likeness (QED) is 0.676. The summed E-state index contributed by atoms with van der Waals surface area (Å²) in [4.78, 5) is 22.2. The Labute approximate surface area is 134 Å². The van der Waals surface area contributed by atoms with Crippen molar-refractivity contribution in [2.75, 3.05) is 11.9 Å². The Kier molecular flexibility index (Phi) is 4.95. The first-order chi connectivity index (χ1) is 10.9. The summed E-state index contributed by atoms with van der Waals surface area (Å²) in [5.74, 6) is 0.170. The van der Waals surface area contributed by atoms with Gasteiger partial charge in [-0.25, -0.2) is 0 Å². The van der Waals surface area contributed by atoms with Crippen LogP contribution in [0.3, 0.4) is 0 Å². The molecule has 2 rings (SSSR count). The van der Waals surface area contributed by atoms with E-state index in [1.54, 1.807) is 6.92 Å². The topological polar surface area (TPSA) is 81.5 Å². The molecule has 120 valence electrons. The fraction of sp³-hybridized carbons (Fsp3) is 0.235. The summed E-state index contributed by atoms with van der Waals surface area (Å²) in [5.41, 5.74) is 3.38. The van der Waals surface area contributed by atoms with E-state index in [9.17, 15) is 14.9 Å². The molecular weight excluding hydrogens is 296 g/mol. The first-order valence-corrected chi connectivity index (χ1v) is 7.12. The van der Waals surface area contributed by atoms with Crippen LogP contribution in [0, 0.1) is 30.9 Å². The molecule has 0 fully saturated rings. The lowest BCUT2D eigenvalue weighted by Gasteiger charge is -2.11. The number of nitrogens with one attached hydrogen (secondary N) is 1. The van der Waals surface area contributed by atoms with Gasteiger partial charge in [-0.15, -0.1) is 0 Å². The normalized spacial score (nSPS) is 10.2. The van der Waals surface area contributed by atoms with Crippen LogP contribution in [0.25, 0.3) is 0 Å². The lowest BCUT2D eigenvalue weighted by atomic mass is 10.1. The molecule has 0 atom stereocenters. The molecule has 0 heterocycles. The summed E-state index contributed by atoms with van der Waals surface area (Å²) in [6.45, 7) is 5.40. The van der Waals surface area contributed by atoms with E-state index in [2.05, 4.69) is 5.32 Å². The van der Waals surface area contributed by atoms with Crippen LogP contribution >= 0.6 is 0 Å². The van der Waals surface area contributed by atoms with Gasteiger partial charge in [-0.05, 0) is 49.6 Å². The molecule has 0 aliphatic rings. The smallest absolute Gasteiger partial charge is 0.269 e. The van der Waals surface area contributed by atoms with Crippen LogP contribution in [0.15, 0.2) is 36.4 Å². The van der Waals surface area contributed by atoms with Gasteiger partial charge in [-0.2, -0.15) is 0 Å². The summed E-state index contributed by atoms with van der Waals surface area (Å²) < 4.78 is 5.44. The van der Waals surface area contributed by atoms with E-state index in [0.29, 0.717) is 11.3 Å². The van der Waals surface area contributed by atoms with Crippen LogP contribution in [-0.2, 0) is 4.79 Å². The Hall–Kier alpha value is -2.89. The van der Waals surface area contributed by atoms with Crippen LogP contribution in [0.1, 0.15) is 16.7 Å². The van der Waals surface area contributed by atoms with Gasteiger partial charge in [0.15, 0.2) is 6.61 Å². The Bertz CT molecular complexity index is 756. The maximum Gasteiger partial charge on any atom is 0.269 e. The molecule has 0 aromatic heterocycles. The van der Waals surface area contributed by atoms with Gasteiger partial charge in [0, 0.05) is 17.8 Å². The first kappa shape index (κ1) is 16.5. The van der Waals surface area contributed by atoms with Crippen LogP contribution < -0.4 is 10.1 Å². The van der Waals surface area contributed by atoms with Gasteiger partial charge >= 0.3 is 0 Å².